The van der Waals surface area contributed by atoms with Gasteiger partial charge in [-0.05, 0) is 187 Å². The minimum Gasteiger partial charge on any atom is -0.0622 e. The lowest BCUT2D eigenvalue weighted by molar-refractivity contribution is 1.68. The Labute approximate surface area is 355 Å². The number of hydrogen-bond donors (Lipinski definition) is 0. The summed E-state index contributed by atoms with van der Waals surface area (Å²) >= 11 is 0. The molecule has 62 heavy (non-hydrogen) atoms. The van der Waals surface area contributed by atoms with Crippen LogP contribution in [0, 0.1) is 0 Å². The molecule has 0 atom stereocenters. The van der Waals surface area contributed by atoms with E-state index in [1.54, 1.807) is 0 Å². The Morgan fingerprint density at radius 3 is 1.06 bits per heavy atom. The molecule has 0 unspecified atom stereocenters. The van der Waals surface area contributed by atoms with E-state index >= 15 is 0 Å². The standard InChI is InChI=1S/C62H32/c1-3-11-34(12-4-1)55-52-31-50-38-19-9-17-33-18-10-20-39(54(33)38)51(50)32-53(52)56(35-13-5-2-6-14-35)62-47-28-26-43-41-22-24-45-49-30-37-16-8-7-15-36(37)29-48(49)44-23-21-40(57(41)59(44)45)42-25-27-46(61(55)62)60(47)58(42)43/h1-32H. The summed E-state index contributed by atoms with van der Waals surface area (Å²) in [6.45, 7) is 0. The predicted octanol–water partition coefficient (Wildman–Crippen LogP) is 17.7. The summed E-state index contributed by atoms with van der Waals surface area (Å²) in [5, 5.41) is 29.4. The van der Waals surface area contributed by atoms with Crippen molar-refractivity contribution in [2.45, 2.75) is 0 Å². The van der Waals surface area contributed by atoms with E-state index in [1.165, 1.54) is 163 Å². The van der Waals surface area contributed by atoms with Crippen LogP contribution >= 0.6 is 0 Å². The topological polar surface area (TPSA) is 0 Å². The van der Waals surface area contributed by atoms with Crippen molar-refractivity contribution >= 4 is 118 Å². The lowest BCUT2D eigenvalue weighted by atomic mass is 9.85. The Bertz CT molecular complexity index is 4190. The van der Waals surface area contributed by atoms with Crippen molar-refractivity contribution in [1.82, 2.24) is 0 Å². The SMILES string of the molecule is c1ccc(-c2c3cc4c(cc3c(-c3ccccc3)c3c5ccc6c7ccc8c9c(ccc(c%10ccc(c23)c5c%106)c97)-c2cc3ccccc3cc2-8)c2cccc3cccc4c32)cc1. The maximum atomic E-state index is 2.53. The Kier molecular flexibility index (Phi) is 5.64. The van der Waals surface area contributed by atoms with Crippen LogP contribution in [0.4, 0.5) is 0 Å². The van der Waals surface area contributed by atoms with E-state index in [9.17, 15) is 0 Å². The molecule has 0 aliphatic heterocycles. The molecule has 0 amide bonds. The van der Waals surface area contributed by atoms with Gasteiger partial charge in [0.2, 0.25) is 0 Å². The van der Waals surface area contributed by atoms with Gasteiger partial charge in [-0.25, -0.2) is 0 Å². The minimum absolute atomic E-state index is 1.25. The third-order valence-corrected chi connectivity index (χ3v) is 15.0. The molecule has 15 aromatic carbocycles. The van der Waals surface area contributed by atoms with Crippen molar-refractivity contribution in [3.63, 3.8) is 0 Å². The van der Waals surface area contributed by atoms with Crippen LogP contribution in [0.5, 0.6) is 0 Å². The van der Waals surface area contributed by atoms with Crippen LogP contribution in [0.1, 0.15) is 0 Å². The van der Waals surface area contributed by atoms with Crippen LogP contribution in [0.25, 0.3) is 163 Å². The fourth-order valence-electron chi connectivity index (χ4n) is 12.6. The minimum atomic E-state index is 1.25. The van der Waals surface area contributed by atoms with Crippen LogP contribution in [-0.2, 0) is 0 Å². The van der Waals surface area contributed by atoms with E-state index in [-0.39, 0.29) is 0 Å². The average molecular weight is 777 g/mol. The van der Waals surface area contributed by atoms with E-state index < -0.39 is 0 Å². The maximum Gasteiger partial charge on any atom is -0.000740 e. The zero-order valence-electron chi connectivity index (χ0n) is 33.5. The van der Waals surface area contributed by atoms with Crippen molar-refractivity contribution in [3.05, 3.63) is 194 Å². The summed E-state index contributed by atoms with van der Waals surface area (Å²) in [7, 11) is 0. The fraction of sp³-hybridized carbons (Fsp3) is 0. The molecule has 0 radical (unpaired) electrons. The first kappa shape index (κ1) is 31.8. The highest BCUT2D eigenvalue weighted by molar-refractivity contribution is 6.47. The molecule has 15 aromatic rings. The van der Waals surface area contributed by atoms with Crippen molar-refractivity contribution < 1.29 is 0 Å². The molecule has 0 saturated carbocycles. The second-order valence-corrected chi connectivity index (χ2v) is 17.8. The lowest BCUT2D eigenvalue weighted by Crippen LogP contribution is -1.89. The molecule has 0 saturated heterocycles. The van der Waals surface area contributed by atoms with Gasteiger partial charge in [0.05, 0.1) is 0 Å². The van der Waals surface area contributed by atoms with Crippen LogP contribution in [0.3, 0.4) is 0 Å². The van der Waals surface area contributed by atoms with Gasteiger partial charge in [-0.1, -0.05) is 170 Å². The van der Waals surface area contributed by atoms with E-state index in [1.807, 2.05) is 0 Å². The molecule has 0 heteroatoms. The zero-order chi connectivity index (χ0) is 39.9. The molecule has 0 bridgehead atoms. The van der Waals surface area contributed by atoms with E-state index in [4.69, 9.17) is 0 Å². The number of fused-ring (bicyclic) bond motifs is 13. The highest BCUT2D eigenvalue weighted by atomic mass is 14.3. The molecular formula is C62H32. The van der Waals surface area contributed by atoms with Gasteiger partial charge >= 0.3 is 0 Å². The summed E-state index contributed by atoms with van der Waals surface area (Å²) in [5.74, 6) is 0. The summed E-state index contributed by atoms with van der Waals surface area (Å²) < 4.78 is 0. The summed E-state index contributed by atoms with van der Waals surface area (Å²) in [6, 6.07) is 74.1. The maximum absolute atomic E-state index is 2.53. The number of rotatable bonds is 2. The van der Waals surface area contributed by atoms with Gasteiger partial charge < -0.3 is 0 Å². The highest BCUT2D eigenvalue weighted by Crippen LogP contribution is 2.57. The van der Waals surface area contributed by atoms with Gasteiger partial charge in [-0.2, -0.15) is 0 Å². The van der Waals surface area contributed by atoms with E-state index in [0.717, 1.165) is 0 Å². The second-order valence-electron chi connectivity index (χ2n) is 17.8. The van der Waals surface area contributed by atoms with Crippen molar-refractivity contribution in [1.29, 1.82) is 0 Å². The molecule has 0 aromatic heterocycles. The van der Waals surface area contributed by atoms with Crippen LogP contribution in [0.2, 0.25) is 0 Å². The first-order chi connectivity index (χ1) is 30.8. The zero-order valence-corrected chi connectivity index (χ0v) is 33.5. The number of benzene rings is 13. The van der Waals surface area contributed by atoms with Gasteiger partial charge in [-0.15, -0.1) is 0 Å². The number of hydrogen-bond acceptors (Lipinski definition) is 0. The lowest BCUT2D eigenvalue weighted by Gasteiger charge is -2.17. The molecule has 0 nitrogen and oxygen atoms in total. The van der Waals surface area contributed by atoms with E-state index in [0.29, 0.717) is 0 Å². The van der Waals surface area contributed by atoms with Crippen molar-refractivity contribution in [2.75, 3.05) is 0 Å². The van der Waals surface area contributed by atoms with E-state index in [2.05, 4.69) is 194 Å². The Morgan fingerprint density at radius 2 is 0.565 bits per heavy atom. The molecule has 1 aliphatic rings. The van der Waals surface area contributed by atoms with Gasteiger partial charge in [-0.3, -0.25) is 0 Å². The van der Waals surface area contributed by atoms with Crippen molar-refractivity contribution in [2.24, 2.45) is 0 Å². The molecular weight excluding hydrogens is 745 g/mol. The summed E-state index contributed by atoms with van der Waals surface area (Å²) in [5.41, 5.74) is 10.5. The van der Waals surface area contributed by atoms with Gasteiger partial charge in [0.15, 0.2) is 0 Å². The highest BCUT2D eigenvalue weighted by Gasteiger charge is 2.29. The summed E-state index contributed by atoms with van der Waals surface area (Å²) in [6.07, 6.45) is 0. The predicted molar refractivity (Wildman–Crippen MR) is 268 cm³/mol. The largest absolute Gasteiger partial charge is 0.0622 e. The van der Waals surface area contributed by atoms with Crippen LogP contribution < -0.4 is 0 Å². The van der Waals surface area contributed by atoms with Crippen molar-refractivity contribution in [3.8, 4) is 44.5 Å². The van der Waals surface area contributed by atoms with Gasteiger partial charge in [0, 0.05) is 0 Å². The molecule has 0 fully saturated rings. The molecule has 0 heterocycles. The monoisotopic (exact) mass is 776 g/mol. The smallest absolute Gasteiger partial charge is 0.000740 e. The molecule has 0 N–H and O–H groups in total. The average Bonchev–Trinajstić information content (AvgIpc) is 3.95. The fourth-order valence-corrected chi connectivity index (χ4v) is 12.6. The molecule has 280 valence electrons. The quantitative estimate of drug-likeness (QED) is 0.121. The Morgan fingerprint density at radius 1 is 0.177 bits per heavy atom. The molecule has 1 aliphatic carbocycles. The summed E-state index contributed by atoms with van der Waals surface area (Å²) in [4.78, 5) is 0. The van der Waals surface area contributed by atoms with Gasteiger partial charge in [0.1, 0.15) is 0 Å². The first-order valence-electron chi connectivity index (χ1n) is 21.8. The molecule has 0 spiro atoms. The molecule has 16 rings (SSSR count). The Hall–Kier alpha value is -8.06. The third-order valence-electron chi connectivity index (χ3n) is 15.0. The second kappa shape index (κ2) is 11.0. The third kappa shape index (κ3) is 3.70. The normalized spacial score (nSPS) is 12.8. The van der Waals surface area contributed by atoms with Crippen LogP contribution in [0.15, 0.2) is 194 Å². The Balaban J connectivity index is 1.11. The van der Waals surface area contributed by atoms with Crippen LogP contribution in [-0.4, -0.2) is 0 Å². The first-order valence-corrected chi connectivity index (χ1v) is 21.8. The van der Waals surface area contributed by atoms with Gasteiger partial charge in [0.25, 0.3) is 0 Å².